The SMILES string of the molecule is [O-][n+]1ccccc1[S][Sn]([Cl])([CH2]c1ccccc1)[CH2]c1ccccc1. The molecule has 0 N–H and O–H groups in total. The zero-order chi connectivity index (χ0) is 16.8. The molecule has 3 rings (SSSR count). The third kappa shape index (κ3) is 4.91. The first-order chi connectivity index (χ1) is 11.6. The van der Waals surface area contributed by atoms with Crippen LogP contribution in [0.3, 0.4) is 0 Å². The van der Waals surface area contributed by atoms with Crippen molar-refractivity contribution in [2.24, 2.45) is 0 Å². The molecule has 0 aliphatic carbocycles. The summed E-state index contributed by atoms with van der Waals surface area (Å²) in [6, 6.07) is 26.2. The van der Waals surface area contributed by atoms with Gasteiger partial charge in [0.2, 0.25) is 0 Å². The number of halogens is 1. The van der Waals surface area contributed by atoms with Crippen LogP contribution in [-0.2, 0) is 8.87 Å². The number of pyridine rings is 1. The first-order valence-electron chi connectivity index (χ1n) is 7.79. The number of hydrogen-bond donors (Lipinski definition) is 0. The molecule has 0 radical (unpaired) electrons. The molecule has 0 spiro atoms. The molecule has 0 saturated heterocycles. The van der Waals surface area contributed by atoms with Crippen molar-refractivity contribution in [3.8, 4) is 0 Å². The van der Waals surface area contributed by atoms with Crippen molar-refractivity contribution in [3.05, 3.63) is 101 Å². The van der Waals surface area contributed by atoms with Crippen LogP contribution in [0, 0.1) is 5.21 Å². The van der Waals surface area contributed by atoms with Crippen molar-refractivity contribution in [3.63, 3.8) is 0 Å². The average Bonchev–Trinajstić information content (AvgIpc) is 2.58. The van der Waals surface area contributed by atoms with E-state index in [1.807, 2.05) is 48.5 Å². The second kappa shape index (κ2) is 8.28. The third-order valence-electron chi connectivity index (χ3n) is 3.70. The Balaban J connectivity index is 1.89. The van der Waals surface area contributed by atoms with Gasteiger partial charge in [-0.3, -0.25) is 0 Å². The van der Waals surface area contributed by atoms with Gasteiger partial charge in [-0.05, 0) is 0 Å². The molecular formula is C19H18ClNOSSn. The van der Waals surface area contributed by atoms with Gasteiger partial charge in [0.05, 0.1) is 0 Å². The minimum absolute atomic E-state index is 0.704. The molecule has 0 aliphatic rings. The number of rotatable bonds is 6. The molecule has 5 heteroatoms. The first-order valence-corrected chi connectivity index (χ1v) is 19.7. The molecule has 0 amide bonds. The van der Waals surface area contributed by atoms with Crippen LogP contribution in [0.15, 0.2) is 90.1 Å². The standard InChI is InChI=1S/2C7H7.C5H5NOS.ClH.Sn/c2*1-7-5-3-2-4-6-7;7-6-4-2-1-3-5(6)8;;/h2*2-6H,1H2;1-4,8H;1H;/q;;;;+2/p-2. The molecule has 2 aromatic carbocycles. The predicted molar refractivity (Wildman–Crippen MR) is 103 cm³/mol. The van der Waals surface area contributed by atoms with E-state index in [0.29, 0.717) is 5.03 Å². The molecule has 0 saturated carbocycles. The van der Waals surface area contributed by atoms with Gasteiger partial charge in [0.1, 0.15) is 0 Å². The van der Waals surface area contributed by atoms with Crippen LogP contribution in [-0.4, -0.2) is 15.9 Å². The second-order valence-corrected chi connectivity index (χ2v) is 26.7. The van der Waals surface area contributed by atoms with E-state index < -0.39 is 15.9 Å². The van der Waals surface area contributed by atoms with Gasteiger partial charge in [0.25, 0.3) is 0 Å². The Morgan fingerprint density at radius 1 is 0.792 bits per heavy atom. The van der Waals surface area contributed by atoms with Gasteiger partial charge in [0.15, 0.2) is 0 Å². The van der Waals surface area contributed by atoms with E-state index >= 15 is 0 Å². The fraction of sp³-hybridized carbons (Fsp3) is 0.105. The summed E-state index contributed by atoms with van der Waals surface area (Å²) in [7, 11) is 8.87. The summed E-state index contributed by atoms with van der Waals surface area (Å²) in [5.41, 5.74) is 2.50. The quantitative estimate of drug-likeness (QED) is 0.303. The summed E-state index contributed by atoms with van der Waals surface area (Å²) in [4.78, 5) is 0. The second-order valence-electron chi connectivity index (χ2n) is 5.67. The van der Waals surface area contributed by atoms with Gasteiger partial charge in [-0.25, -0.2) is 0 Å². The number of nitrogens with zero attached hydrogens (tertiary/aromatic N) is 1. The first kappa shape index (κ1) is 17.6. The fourth-order valence-corrected chi connectivity index (χ4v) is 20.3. The summed E-state index contributed by atoms with van der Waals surface area (Å²) in [5.74, 6) is 0. The van der Waals surface area contributed by atoms with E-state index in [2.05, 4.69) is 24.3 Å². The summed E-state index contributed by atoms with van der Waals surface area (Å²) in [5, 5.41) is 12.8. The minimum atomic E-state index is -3.21. The van der Waals surface area contributed by atoms with Crippen molar-refractivity contribution < 1.29 is 4.73 Å². The maximum absolute atomic E-state index is 12.1. The fourth-order valence-electron chi connectivity index (χ4n) is 2.62. The van der Waals surface area contributed by atoms with Crippen LogP contribution in [0.5, 0.6) is 0 Å². The molecular weight excluding hydrogens is 444 g/mol. The van der Waals surface area contributed by atoms with Crippen molar-refractivity contribution in [2.45, 2.75) is 13.9 Å². The van der Waals surface area contributed by atoms with Crippen LogP contribution in [0.2, 0.25) is 0 Å². The molecule has 122 valence electrons. The molecule has 0 atom stereocenters. The monoisotopic (exact) mass is 463 g/mol. The average molecular weight is 463 g/mol. The molecule has 0 aliphatic heterocycles. The maximum atomic E-state index is 12.1. The predicted octanol–water partition coefficient (Wildman–Crippen LogP) is 4.66. The van der Waals surface area contributed by atoms with E-state index in [9.17, 15) is 5.21 Å². The molecule has 24 heavy (non-hydrogen) atoms. The topological polar surface area (TPSA) is 26.9 Å². The number of hydrogen-bond acceptors (Lipinski definition) is 2. The number of benzene rings is 2. The molecule has 3 aromatic rings. The van der Waals surface area contributed by atoms with E-state index in [-0.39, 0.29) is 0 Å². The van der Waals surface area contributed by atoms with Crippen molar-refractivity contribution >= 4 is 33.7 Å². The molecule has 0 bridgehead atoms. The van der Waals surface area contributed by atoms with Crippen LogP contribution in [0.1, 0.15) is 11.1 Å². The summed E-state index contributed by atoms with van der Waals surface area (Å²) >= 11 is -3.21. The van der Waals surface area contributed by atoms with Crippen LogP contribution < -0.4 is 4.73 Å². The zero-order valence-corrected chi connectivity index (χ0v) is 17.6. The normalized spacial score (nSPS) is 11.4. The third-order valence-corrected chi connectivity index (χ3v) is 20.1. The Bertz CT molecular complexity index is 744. The Hall–Kier alpha value is -1.17. The zero-order valence-electron chi connectivity index (χ0n) is 13.1. The van der Waals surface area contributed by atoms with Crippen molar-refractivity contribution in [2.75, 3.05) is 0 Å². The van der Waals surface area contributed by atoms with Gasteiger partial charge in [-0.1, -0.05) is 0 Å². The van der Waals surface area contributed by atoms with E-state index in [4.69, 9.17) is 8.92 Å². The Morgan fingerprint density at radius 2 is 1.29 bits per heavy atom. The van der Waals surface area contributed by atoms with Gasteiger partial charge in [-0.2, -0.15) is 0 Å². The molecule has 0 fully saturated rings. The van der Waals surface area contributed by atoms with E-state index in [1.165, 1.54) is 17.3 Å². The van der Waals surface area contributed by atoms with Gasteiger partial charge >= 0.3 is 154 Å². The van der Waals surface area contributed by atoms with Crippen molar-refractivity contribution in [1.29, 1.82) is 0 Å². The van der Waals surface area contributed by atoms with Crippen LogP contribution >= 0.6 is 17.9 Å². The Kier molecular flexibility index (Phi) is 6.08. The Labute approximate surface area is 153 Å². The van der Waals surface area contributed by atoms with E-state index in [0.717, 1.165) is 13.6 Å². The van der Waals surface area contributed by atoms with Crippen molar-refractivity contribution in [1.82, 2.24) is 0 Å². The summed E-state index contributed by atoms with van der Waals surface area (Å²) < 4.78 is 2.69. The molecule has 0 unspecified atom stereocenters. The summed E-state index contributed by atoms with van der Waals surface area (Å²) in [6.45, 7) is 0. The number of aromatic nitrogens is 1. The molecule has 2 nitrogen and oxygen atoms in total. The van der Waals surface area contributed by atoms with Gasteiger partial charge in [-0.15, -0.1) is 0 Å². The Morgan fingerprint density at radius 3 is 1.79 bits per heavy atom. The molecule has 1 aromatic heterocycles. The molecule has 1 heterocycles. The van der Waals surface area contributed by atoms with Gasteiger partial charge < -0.3 is 0 Å². The summed E-state index contributed by atoms with van der Waals surface area (Å²) in [6.07, 6.45) is 1.54. The van der Waals surface area contributed by atoms with Gasteiger partial charge in [0, 0.05) is 0 Å². The van der Waals surface area contributed by atoms with E-state index in [1.54, 1.807) is 15.0 Å². The van der Waals surface area contributed by atoms with Crippen LogP contribution in [0.25, 0.3) is 0 Å². The van der Waals surface area contributed by atoms with Crippen LogP contribution in [0.4, 0.5) is 0 Å².